The Kier molecular flexibility index (Phi) is 6.59. The number of nitriles is 1. The zero-order valence-corrected chi connectivity index (χ0v) is 14.8. The predicted molar refractivity (Wildman–Crippen MR) is 98.6 cm³/mol. The number of para-hydroxylation sites is 1. The van der Waals surface area contributed by atoms with Gasteiger partial charge >= 0.3 is 0 Å². The molecule has 1 amide bonds. The van der Waals surface area contributed by atoms with E-state index in [1.54, 1.807) is 18.2 Å². The second-order valence-electron chi connectivity index (χ2n) is 5.02. The molecule has 0 atom stereocenters. The van der Waals surface area contributed by atoms with Crippen LogP contribution in [0.5, 0.6) is 5.75 Å². The van der Waals surface area contributed by atoms with Gasteiger partial charge in [-0.05, 0) is 42.8 Å². The van der Waals surface area contributed by atoms with Gasteiger partial charge in [0.2, 0.25) is 0 Å². The molecule has 0 bridgehead atoms. The average molecular weight is 385 g/mol. The van der Waals surface area contributed by atoms with E-state index in [1.807, 2.05) is 49.4 Å². The standard InChI is InChI=1S/C19H17BrN2O2/c1-2-11-24-18-6-4-3-5-14(18)12-15(13-21)19(23)22-17-9-7-16(20)8-10-17/h3-10,12H,2,11H2,1H3,(H,22,23)/b15-12+. The van der Waals surface area contributed by atoms with Crippen molar-refractivity contribution in [3.63, 3.8) is 0 Å². The normalized spacial score (nSPS) is 10.8. The molecule has 2 aromatic rings. The number of hydrogen-bond donors (Lipinski definition) is 1. The lowest BCUT2D eigenvalue weighted by molar-refractivity contribution is -0.112. The highest BCUT2D eigenvalue weighted by atomic mass is 79.9. The number of carbonyl (C=O) groups excluding carboxylic acids is 1. The lowest BCUT2D eigenvalue weighted by Crippen LogP contribution is -2.13. The molecule has 0 unspecified atom stereocenters. The summed E-state index contributed by atoms with van der Waals surface area (Å²) in [6.45, 7) is 2.60. The number of halogens is 1. The number of benzene rings is 2. The summed E-state index contributed by atoms with van der Waals surface area (Å²) in [5.41, 5.74) is 1.35. The summed E-state index contributed by atoms with van der Waals surface area (Å²) in [5.74, 6) is 0.202. The maximum absolute atomic E-state index is 12.3. The lowest BCUT2D eigenvalue weighted by Gasteiger charge is -2.09. The highest BCUT2D eigenvalue weighted by Crippen LogP contribution is 2.22. The van der Waals surface area contributed by atoms with E-state index < -0.39 is 5.91 Å². The first-order chi connectivity index (χ1) is 11.6. The van der Waals surface area contributed by atoms with Crippen molar-refractivity contribution in [2.75, 3.05) is 11.9 Å². The van der Waals surface area contributed by atoms with Gasteiger partial charge in [-0.2, -0.15) is 5.26 Å². The Balaban J connectivity index is 2.21. The van der Waals surface area contributed by atoms with E-state index >= 15 is 0 Å². The van der Waals surface area contributed by atoms with E-state index in [2.05, 4.69) is 21.2 Å². The molecule has 0 aromatic heterocycles. The molecule has 0 saturated heterocycles. The molecular weight excluding hydrogens is 368 g/mol. The van der Waals surface area contributed by atoms with Crippen LogP contribution in [0.1, 0.15) is 18.9 Å². The van der Waals surface area contributed by atoms with Gasteiger partial charge in [0.1, 0.15) is 17.4 Å². The van der Waals surface area contributed by atoms with Gasteiger partial charge in [0, 0.05) is 15.7 Å². The zero-order valence-electron chi connectivity index (χ0n) is 13.3. The van der Waals surface area contributed by atoms with E-state index in [4.69, 9.17) is 4.74 Å². The van der Waals surface area contributed by atoms with Crippen LogP contribution < -0.4 is 10.1 Å². The molecule has 24 heavy (non-hydrogen) atoms. The third-order valence-corrected chi connectivity index (χ3v) is 3.68. The largest absolute Gasteiger partial charge is 0.493 e. The van der Waals surface area contributed by atoms with Crippen LogP contribution in [0.4, 0.5) is 5.69 Å². The SMILES string of the molecule is CCCOc1ccccc1/C=C(\C#N)C(=O)Nc1ccc(Br)cc1. The summed E-state index contributed by atoms with van der Waals surface area (Å²) in [6.07, 6.45) is 2.42. The number of anilines is 1. The number of carbonyl (C=O) groups is 1. The Hall–Kier alpha value is -2.58. The van der Waals surface area contributed by atoms with Crippen LogP contribution in [0.2, 0.25) is 0 Å². The molecule has 0 saturated carbocycles. The summed E-state index contributed by atoms with van der Waals surface area (Å²) in [5, 5.41) is 12.0. The molecule has 2 aromatic carbocycles. The molecule has 2 rings (SSSR count). The minimum absolute atomic E-state index is 0.0190. The van der Waals surface area contributed by atoms with Crippen molar-refractivity contribution in [3.8, 4) is 11.8 Å². The summed E-state index contributed by atoms with van der Waals surface area (Å²) < 4.78 is 6.57. The number of ether oxygens (including phenoxy) is 1. The van der Waals surface area contributed by atoms with Crippen molar-refractivity contribution in [2.45, 2.75) is 13.3 Å². The minimum atomic E-state index is -0.454. The topological polar surface area (TPSA) is 62.1 Å². The Bertz CT molecular complexity index is 777. The summed E-state index contributed by atoms with van der Waals surface area (Å²) in [7, 11) is 0. The third-order valence-electron chi connectivity index (χ3n) is 3.15. The minimum Gasteiger partial charge on any atom is -0.493 e. The number of nitrogens with zero attached hydrogens (tertiary/aromatic N) is 1. The summed E-state index contributed by atoms with van der Waals surface area (Å²) in [4.78, 5) is 12.3. The van der Waals surface area contributed by atoms with E-state index in [1.165, 1.54) is 0 Å². The molecule has 122 valence electrons. The number of rotatable bonds is 6. The Morgan fingerprint density at radius 1 is 1.25 bits per heavy atom. The molecule has 0 spiro atoms. The van der Waals surface area contributed by atoms with Gasteiger partial charge in [-0.1, -0.05) is 41.1 Å². The van der Waals surface area contributed by atoms with Crippen LogP contribution >= 0.6 is 15.9 Å². The second kappa shape index (κ2) is 8.90. The van der Waals surface area contributed by atoms with E-state index in [0.29, 0.717) is 23.6 Å². The monoisotopic (exact) mass is 384 g/mol. The molecular formula is C19H17BrN2O2. The Morgan fingerprint density at radius 2 is 1.96 bits per heavy atom. The van der Waals surface area contributed by atoms with Gasteiger partial charge in [-0.25, -0.2) is 0 Å². The fourth-order valence-electron chi connectivity index (χ4n) is 1.98. The van der Waals surface area contributed by atoms with Gasteiger partial charge in [-0.3, -0.25) is 4.79 Å². The molecule has 5 heteroatoms. The maximum atomic E-state index is 12.3. The van der Waals surface area contributed by atoms with E-state index in [-0.39, 0.29) is 5.57 Å². The van der Waals surface area contributed by atoms with Crippen LogP contribution in [0, 0.1) is 11.3 Å². The highest BCUT2D eigenvalue weighted by molar-refractivity contribution is 9.10. The molecule has 0 aliphatic carbocycles. The third kappa shape index (κ3) is 4.97. The van der Waals surface area contributed by atoms with Crippen LogP contribution in [0.3, 0.4) is 0 Å². The molecule has 4 nitrogen and oxygen atoms in total. The first-order valence-electron chi connectivity index (χ1n) is 7.54. The number of nitrogens with one attached hydrogen (secondary N) is 1. The first-order valence-corrected chi connectivity index (χ1v) is 8.34. The van der Waals surface area contributed by atoms with Crippen LogP contribution in [-0.2, 0) is 4.79 Å². The van der Waals surface area contributed by atoms with Crippen molar-refractivity contribution in [2.24, 2.45) is 0 Å². The van der Waals surface area contributed by atoms with E-state index in [0.717, 1.165) is 10.9 Å². The van der Waals surface area contributed by atoms with Gasteiger partial charge in [0.25, 0.3) is 5.91 Å². The van der Waals surface area contributed by atoms with Gasteiger partial charge < -0.3 is 10.1 Å². The van der Waals surface area contributed by atoms with Crippen LogP contribution in [0.25, 0.3) is 6.08 Å². The average Bonchev–Trinajstić information content (AvgIpc) is 2.60. The molecule has 0 radical (unpaired) electrons. The quantitative estimate of drug-likeness (QED) is 0.575. The fraction of sp³-hybridized carbons (Fsp3) is 0.158. The molecule has 0 heterocycles. The molecule has 1 N–H and O–H groups in total. The number of hydrogen-bond acceptors (Lipinski definition) is 3. The Labute approximate surface area is 149 Å². The van der Waals surface area contributed by atoms with Crippen molar-refractivity contribution < 1.29 is 9.53 Å². The molecule has 0 aliphatic heterocycles. The Morgan fingerprint density at radius 3 is 2.62 bits per heavy atom. The molecule has 0 aliphatic rings. The van der Waals surface area contributed by atoms with Gasteiger partial charge in [0.15, 0.2) is 0 Å². The number of amides is 1. The van der Waals surface area contributed by atoms with E-state index in [9.17, 15) is 10.1 Å². The summed E-state index contributed by atoms with van der Waals surface area (Å²) >= 11 is 3.34. The van der Waals surface area contributed by atoms with Crippen LogP contribution in [0.15, 0.2) is 58.6 Å². The predicted octanol–water partition coefficient (Wildman–Crippen LogP) is 4.78. The van der Waals surface area contributed by atoms with Crippen molar-refractivity contribution in [3.05, 3.63) is 64.1 Å². The maximum Gasteiger partial charge on any atom is 0.266 e. The van der Waals surface area contributed by atoms with Gasteiger partial charge in [0.05, 0.1) is 6.61 Å². The summed E-state index contributed by atoms with van der Waals surface area (Å²) in [6, 6.07) is 16.4. The zero-order chi connectivity index (χ0) is 17.4. The highest BCUT2D eigenvalue weighted by Gasteiger charge is 2.11. The van der Waals surface area contributed by atoms with Crippen molar-refractivity contribution in [1.82, 2.24) is 0 Å². The van der Waals surface area contributed by atoms with Crippen molar-refractivity contribution >= 4 is 33.6 Å². The fourth-order valence-corrected chi connectivity index (χ4v) is 2.24. The van der Waals surface area contributed by atoms with Gasteiger partial charge in [-0.15, -0.1) is 0 Å². The first kappa shape index (κ1) is 17.8. The second-order valence-corrected chi connectivity index (χ2v) is 5.93. The van der Waals surface area contributed by atoms with Crippen LogP contribution in [-0.4, -0.2) is 12.5 Å². The molecule has 0 fully saturated rings. The van der Waals surface area contributed by atoms with Crippen molar-refractivity contribution in [1.29, 1.82) is 5.26 Å². The lowest BCUT2D eigenvalue weighted by atomic mass is 10.1. The smallest absolute Gasteiger partial charge is 0.266 e.